The maximum atomic E-state index is 13.9. The Labute approximate surface area is 176 Å². The molecule has 1 unspecified atom stereocenters. The summed E-state index contributed by atoms with van der Waals surface area (Å²) in [6.45, 7) is 4.59. The summed E-state index contributed by atoms with van der Waals surface area (Å²) in [7, 11) is 0. The third-order valence-corrected chi connectivity index (χ3v) is 3.92. The van der Waals surface area contributed by atoms with Crippen molar-refractivity contribution in [2.45, 2.75) is 26.0 Å². The van der Waals surface area contributed by atoms with Crippen LogP contribution in [0.1, 0.15) is 30.5 Å². The van der Waals surface area contributed by atoms with Crippen molar-refractivity contribution in [1.29, 1.82) is 5.26 Å². The number of hydrogen-bond donors (Lipinski definition) is 3. The first kappa shape index (κ1) is 22.9. The highest BCUT2D eigenvalue weighted by molar-refractivity contribution is 14.0. The Morgan fingerprint density at radius 2 is 1.93 bits per heavy atom. The van der Waals surface area contributed by atoms with E-state index in [9.17, 15) is 9.50 Å². The Kier molecular flexibility index (Phi) is 9.18. The van der Waals surface area contributed by atoms with Crippen LogP contribution in [0, 0.1) is 17.1 Å². The van der Waals surface area contributed by atoms with E-state index in [0.717, 1.165) is 5.56 Å². The van der Waals surface area contributed by atoms with Gasteiger partial charge in [-0.15, -0.1) is 24.0 Å². The van der Waals surface area contributed by atoms with Gasteiger partial charge in [-0.25, -0.2) is 9.38 Å². The fraction of sp³-hybridized carbons (Fsp3) is 0.300. The Balaban J connectivity index is 0.00000364. The van der Waals surface area contributed by atoms with Crippen LogP contribution in [0.4, 0.5) is 4.39 Å². The van der Waals surface area contributed by atoms with Crippen molar-refractivity contribution >= 4 is 29.9 Å². The van der Waals surface area contributed by atoms with E-state index in [1.807, 2.05) is 43.3 Å². The number of halogens is 2. The largest absolute Gasteiger partial charge is 0.384 e. The third kappa shape index (κ3) is 6.81. The van der Waals surface area contributed by atoms with Crippen molar-refractivity contribution in [3.63, 3.8) is 0 Å². The van der Waals surface area contributed by atoms with Crippen LogP contribution in [-0.4, -0.2) is 24.2 Å². The van der Waals surface area contributed by atoms with Crippen molar-refractivity contribution in [3.05, 3.63) is 71.0 Å². The molecule has 0 aliphatic carbocycles. The van der Waals surface area contributed by atoms with E-state index in [4.69, 9.17) is 5.26 Å². The number of rotatable bonds is 6. The van der Waals surface area contributed by atoms with Crippen molar-refractivity contribution < 1.29 is 9.50 Å². The molecule has 2 aromatic rings. The maximum Gasteiger partial charge on any atom is 0.191 e. The highest BCUT2D eigenvalue weighted by Crippen LogP contribution is 2.19. The van der Waals surface area contributed by atoms with Crippen molar-refractivity contribution in [1.82, 2.24) is 10.6 Å². The first-order valence-electron chi connectivity index (χ1n) is 8.45. The summed E-state index contributed by atoms with van der Waals surface area (Å²) in [5, 5.41) is 25.7. The molecule has 144 valence electrons. The van der Waals surface area contributed by atoms with Gasteiger partial charge in [0.05, 0.1) is 24.7 Å². The molecule has 0 amide bonds. The quantitative estimate of drug-likeness (QED) is 0.336. The van der Waals surface area contributed by atoms with Crippen LogP contribution in [0.3, 0.4) is 0 Å². The minimum Gasteiger partial charge on any atom is -0.384 e. The lowest BCUT2D eigenvalue weighted by Crippen LogP contribution is -2.44. The summed E-state index contributed by atoms with van der Waals surface area (Å²) in [4.78, 5) is 4.35. The summed E-state index contributed by atoms with van der Waals surface area (Å²) in [5.74, 6) is 0.0605. The lowest BCUT2D eigenvalue weighted by molar-refractivity contribution is 0.0617. The molecule has 0 saturated carbocycles. The molecule has 7 heteroatoms. The molecule has 2 aromatic carbocycles. The van der Waals surface area contributed by atoms with Crippen LogP contribution in [-0.2, 0) is 12.1 Å². The molecule has 3 N–H and O–H groups in total. The topological polar surface area (TPSA) is 80.4 Å². The molecule has 0 aliphatic rings. The zero-order valence-corrected chi connectivity index (χ0v) is 17.7. The second-order valence-corrected chi connectivity index (χ2v) is 6.11. The minimum absolute atomic E-state index is 0. The van der Waals surface area contributed by atoms with Gasteiger partial charge in [0, 0.05) is 12.1 Å². The number of aliphatic imine (C=N–C) groups is 1. The monoisotopic (exact) mass is 482 g/mol. The third-order valence-electron chi connectivity index (χ3n) is 3.92. The molecule has 1 atom stereocenters. The molecular weight excluding hydrogens is 458 g/mol. The van der Waals surface area contributed by atoms with Gasteiger partial charge >= 0.3 is 0 Å². The molecular formula is C20H24FIN4O. The SMILES string of the molecule is CCNC(=NCc1cc(C#N)ccc1F)NCC(C)(O)c1ccccc1.I. The van der Waals surface area contributed by atoms with Gasteiger partial charge in [-0.3, -0.25) is 0 Å². The Morgan fingerprint density at radius 1 is 1.22 bits per heavy atom. The summed E-state index contributed by atoms with van der Waals surface area (Å²) < 4.78 is 13.9. The van der Waals surface area contributed by atoms with Crippen molar-refractivity contribution in [2.24, 2.45) is 4.99 Å². The molecule has 0 aliphatic heterocycles. The Bertz CT molecular complexity index is 803. The first-order valence-corrected chi connectivity index (χ1v) is 8.45. The average molecular weight is 482 g/mol. The molecule has 0 fully saturated rings. The molecule has 0 saturated heterocycles. The van der Waals surface area contributed by atoms with Crippen LogP contribution in [0.25, 0.3) is 0 Å². The average Bonchev–Trinajstić information content (AvgIpc) is 2.66. The number of hydrogen-bond acceptors (Lipinski definition) is 3. The van der Waals surface area contributed by atoms with E-state index in [0.29, 0.717) is 23.6 Å². The number of guanidine groups is 1. The number of nitriles is 1. The Hall–Kier alpha value is -2.18. The summed E-state index contributed by atoms with van der Waals surface area (Å²) in [6.07, 6.45) is 0. The smallest absolute Gasteiger partial charge is 0.191 e. The molecule has 0 aromatic heterocycles. The maximum absolute atomic E-state index is 13.9. The van der Waals surface area contributed by atoms with Crippen LogP contribution in [0.15, 0.2) is 53.5 Å². The van der Waals surface area contributed by atoms with Gasteiger partial charge in [0.15, 0.2) is 5.96 Å². The van der Waals surface area contributed by atoms with E-state index in [1.54, 1.807) is 6.92 Å². The van der Waals surface area contributed by atoms with Gasteiger partial charge in [0.25, 0.3) is 0 Å². The highest BCUT2D eigenvalue weighted by atomic mass is 127. The zero-order valence-electron chi connectivity index (χ0n) is 15.4. The van der Waals surface area contributed by atoms with Crippen molar-refractivity contribution in [2.75, 3.05) is 13.1 Å². The molecule has 0 heterocycles. The number of nitrogens with one attached hydrogen (secondary N) is 2. The summed E-state index contributed by atoms with van der Waals surface area (Å²) >= 11 is 0. The highest BCUT2D eigenvalue weighted by Gasteiger charge is 2.22. The summed E-state index contributed by atoms with van der Waals surface area (Å²) in [6, 6.07) is 15.5. The summed E-state index contributed by atoms with van der Waals surface area (Å²) in [5.41, 5.74) is 0.442. The minimum atomic E-state index is -1.08. The van der Waals surface area contributed by atoms with Crippen LogP contribution >= 0.6 is 24.0 Å². The van der Waals surface area contributed by atoms with Gasteiger partial charge < -0.3 is 15.7 Å². The normalized spacial score (nSPS) is 13.1. The number of nitrogens with zero attached hydrogens (tertiary/aromatic N) is 2. The first-order chi connectivity index (χ1) is 12.5. The molecule has 27 heavy (non-hydrogen) atoms. The zero-order chi connectivity index (χ0) is 19.0. The predicted octanol–water partition coefficient (Wildman–Crippen LogP) is 3.28. The predicted molar refractivity (Wildman–Crippen MR) is 115 cm³/mol. The van der Waals surface area contributed by atoms with E-state index >= 15 is 0 Å². The van der Waals surface area contributed by atoms with Crippen LogP contribution in [0.2, 0.25) is 0 Å². The molecule has 0 radical (unpaired) electrons. The van der Waals surface area contributed by atoms with Gasteiger partial charge in [0.1, 0.15) is 11.4 Å². The number of benzene rings is 2. The Morgan fingerprint density at radius 3 is 2.56 bits per heavy atom. The van der Waals surface area contributed by atoms with Gasteiger partial charge in [-0.1, -0.05) is 30.3 Å². The lowest BCUT2D eigenvalue weighted by Gasteiger charge is -2.25. The second-order valence-electron chi connectivity index (χ2n) is 6.11. The molecule has 5 nitrogen and oxygen atoms in total. The fourth-order valence-electron chi connectivity index (χ4n) is 2.43. The van der Waals surface area contributed by atoms with Gasteiger partial charge in [-0.05, 0) is 37.6 Å². The fourth-order valence-corrected chi connectivity index (χ4v) is 2.43. The number of aliphatic hydroxyl groups is 1. The van der Waals surface area contributed by atoms with Crippen molar-refractivity contribution in [3.8, 4) is 6.07 Å². The van der Waals surface area contributed by atoms with Gasteiger partial charge in [-0.2, -0.15) is 5.26 Å². The molecule has 0 bridgehead atoms. The lowest BCUT2D eigenvalue weighted by atomic mass is 9.96. The standard InChI is InChI=1S/C20H23FN4O.HI/c1-3-23-19(24-13-16-11-15(12-22)9-10-18(16)21)25-14-20(2,26)17-7-5-4-6-8-17;/h4-11,26H,3,13-14H2,1-2H3,(H2,23,24,25);1H. The van der Waals surface area contributed by atoms with E-state index < -0.39 is 11.4 Å². The second kappa shape index (κ2) is 10.8. The molecule has 0 spiro atoms. The van der Waals surface area contributed by atoms with Gasteiger partial charge in [0.2, 0.25) is 0 Å². The molecule has 2 rings (SSSR count). The van der Waals surface area contributed by atoms with Crippen LogP contribution < -0.4 is 10.6 Å². The van der Waals surface area contributed by atoms with E-state index in [-0.39, 0.29) is 37.1 Å². The van der Waals surface area contributed by atoms with Crippen LogP contribution in [0.5, 0.6) is 0 Å². The van der Waals surface area contributed by atoms with E-state index in [1.165, 1.54) is 18.2 Å². The van der Waals surface area contributed by atoms with E-state index in [2.05, 4.69) is 15.6 Å².